The van der Waals surface area contributed by atoms with Crippen LogP contribution < -0.4 is 10.6 Å². The Labute approximate surface area is 149 Å². The van der Waals surface area contributed by atoms with Crippen LogP contribution in [0.2, 0.25) is 0 Å². The maximum Gasteiger partial charge on any atom is 0.252 e. The van der Waals surface area contributed by atoms with Crippen LogP contribution in [0.5, 0.6) is 0 Å². The lowest BCUT2D eigenvalue weighted by Crippen LogP contribution is -2.51. The molecule has 1 aliphatic rings. The highest BCUT2D eigenvalue weighted by Gasteiger charge is 2.33. The zero-order valence-corrected chi connectivity index (χ0v) is 15.3. The van der Waals surface area contributed by atoms with E-state index in [1.54, 1.807) is 24.1 Å². The third-order valence-corrected chi connectivity index (χ3v) is 4.46. The second-order valence-electron chi connectivity index (χ2n) is 7.08. The molecule has 1 aliphatic heterocycles. The number of likely N-dealkylation sites (tertiary alicyclic amines) is 1. The Balaban J connectivity index is 2.07. The Kier molecular flexibility index (Phi) is 6.17. The fraction of sp³-hybridized carbons (Fsp3) is 0.526. The van der Waals surface area contributed by atoms with Gasteiger partial charge in [0.05, 0.1) is 0 Å². The highest BCUT2D eigenvalue weighted by Crippen LogP contribution is 2.12. The van der Waals surface area contributed by atoms with Crippen LogP contribution >= 0.6 is 0 Å². The highest BCUT2D eigenvalue weighted by atomic mass is 16.2. The monoisotopic (exact) mass is 345 g/mol. The van der Waals surface area contributed by atoms with Crippen molar-refractivity contribution in [1.29, 1.82) is 0 Å². The molecule has 1 aromatic carbocycles. The van der Waals surface area contributed by atoms with Crippen LogP contribution in [-0.2, 0) is 9.59 Å². The normalized spacial score (nSPS) is 18.4. The minimum atomic E-state index is -0.661. The summed E-state index contributed by atoms with van der Waals surface area (Å²) in [6.07, 6.45) is 1.11. The van der Waals surface area contributed by atoms with Gasteiger partial charge in [0.1, 0.15) is 12.1 Å². The molecule has 6 nitrogen and oxygen atoms in total. The summed E-state index contributed by atoms with van der Waals surface area (Å²) in [4.78, 5) is 38.8. The molecule has 25 heavy (non-hydrogen) atoms. The van der Waals surface area contributed by atoms with E-state index in [1.165, 1.54) is 0 Å². The van der Waals surface area contributed by atoms with E-state index in [-0.39, 0.29) is 23.6 Å². The van der Waals surface area contributed by atoms with Gasteiger partial charge < -0.3 is 15.5 Å². The third-order valence-electron chi connectivity index (χ3n) is 4.46. The first kappa shape index (κ1) is 19.0. The average molecular weight is 345 g/mol. The lowest BCUT2D eigenvalue weighted by atomic mass is 10.0. The lowest BCUT2D eigenvalue weighted by molar-refractivity contribution is -0.132. The van der Waals surface area contributed by atoms with Gasteiger partial charge in [-0.25, -0.2) is 0 Å². The number of benzene rings is 1. The van der Waals surface area contributed by atoms with Crippen molar-refractivity contribution in [2.75, 3.05) is 13.6 Å². The SMILES string of the molecule is Cc1ccccc1C(=O)N[C@@H](CC(C)C)C(=O)N[C@@H]1CCN(C)C1=O. The lowest BCUT2D eigenvalue weighted by Gasteiger charge is -2.22. The van der Waals surface area contributed by atoms with Crippen molar-refractivity contribution < 1.29 is 14.4 Å². The van der Waals surface area contributed by atoms with Gasteiger partial charge in [-0.1, -0.05) is 32.0 Å². The fourth-order valence-electron chi connectivity index (χ4n) is 3.00. The van der Waals surface area contributed by atoms with Crippen molar-refractivity contribution in [2.24, 2.45) is 5.92 Å². The van der Waals surface area contributed by atoms with Crippen LogP contribution in [0.4, 0.5) is 0 Å². The van der Waals surface area contributed by atoms with Crippen LogP contribution in [0.15, 0.2) is 24.3 Å². The molecule has 0 saturated carbocycles. The number of likely N-dealkylation sites (N-methyl/N-ethyl adjacent to an activating group) is 1. The van der Waals surface area contributed by atoms with E-state index in [1.807, 2.05) is 32.9 Å². The van der Waals surface area contributed by atoms with Gasteiger partial charge in [-0.15, -0.1) is 0 Å². The Hall–Kier alpha value is -2.37. The molecule has 136 valence electrons. The number of nitrogens with one attached hydrogen (secondary N) is 2. The van der Waals surface area contributed by atoms with E-state index in [4.69, 9.17) is 0 Å². The molecule has 0 spiro atoms. The molecule has 1 aromatic rings. The van der Waals surface area contributed by atoms with E-state index < -0.39 is 12.1 Å². The number of nitrogens with zero attached hydrogens (tertiary/aromatic N) is 1. The van der Waals surface area contributed by atoms with E-state index in [0.717, 1.165) is 5.56 Å². The standard InChI is InChI=1S/C19H27N3O3/c1-12(2)11-16(18(24)20-15-9-10-22(4)19(15)25)21-17(23)14-8-6-5-7-13(14)3/h5-8,12,15-16H,9-11H2,1-4H3,(H,20,24)(H,21,23)/t15-,16+/m1/s1. The maximum absolute atomic E-state index is 12.6. The number of hydrogen-bond donors (Lipinski definition) is 2. The Morgan fingerprint density at radius 3 is 2.52 bits per heavy atom. The number of amides is 3. The molecule has 1 heterocycles. The first-order valence-corrected chi connectivity index (χ1v) is 8.71. The minimum Gasteiger partial charge on any atom is -0.344 e. The summed E-state index contributed by atoms with van der Waals surface area (Å²) in [6.45, 7) is 6.48. The molecular formula is C19H27N3O3. The molecule has 0 aliphatic carbocycles. The molecule has 6 heteroatoms. The second kappa shape index (κ2) is 8.14. The molecular weight excluding hydrogens is 318 g/mol. The van der Waals surface area contributed by atoms with Crippen molar-refractivity contribution in [3.63, 3.8) is 0 Å². The second-order valence-corrected chi connectivity index (χ2v) is 7.08. The van der Waals surface area contributed by atoms with Gasteiger partial charge >= 0.3 is 0 Å². The summed E-state index contributed by atoms with van der Waals surface area (Å²) < 4.78 is 0. The number of hydrogen-bond acceptors (Lipinski definition) is 3. The van der Waals surface area contributed by atoms with Gasteiger partial charge in [0.2, 0.25) is 11.8 Å². The maximum atomic E-state index is 12.6. The number of carbonyl (C=O) groups is 3. The van der Waals surface area contributed by atoms with Crippen molar-refractivity contribution in [2.45, 2.75) is 45.7 Å². The minimum absolute atomic E-state index is 0.0816. The number of rotatable bonds is 6. The largest absolute Gasteiger partial charge is 0.344 e. The van der Waals surface area contributed by atoms with Crippen molar-refractivity contribution in [1.82, 2.24) is 15.5 Å². The fourth-order valence-corrected chi connectivity index (χ4v) is 3.00. The van der Waals surface area contributed by atoms with Crippen LogP contribution in [0.1, 0.15) is 42.6 Å². The summed E-state index contributed by atoms with van der Waals surface area (Å²) in [5, 5.41) is 5.62. The summed E-state index contributed by atoms with van der Waals surface area (Å²) >= 11 is 0. The van der Waals surface area contributed by atoms with Crippen molar-refractivity contribution in [3.8, 4) is 0 Å². The third kappa shape index (κ3) is 4.81. The van der Waals surface area contributed by atoms with Crippen LogP contribution in [0, 0.1) is 12.8 Å². The molecule has 0 unspecified atom stereocenters. The molecule has 1 fully saturated rings. The quantitative estimate of drug-likeness (QED) is 0.820. The summed E-state index contributed by atoms with van der Waals surface area (Å²) in [7, 11) is 1.72. The average Bonchev–Trinajstić information content (AvgIpc) is 2.86. The topological polar surface area (TPSA) is 78.5 Å². The van der Waals surface area contributed by atoms with Gasteiger partial charge in [0.25, 0.3) is 5.91 Å². The van der Waals surface area contributed by atoms with Crippen LogP contribution in [0.3, 0.4) is 0 Å². The molecule has 0 radical (unpaired) electrons. The summed E-state index contributed by atoms with van der Waals surface area (Å²) in [5.74, 6) is -0.421. The van der Waals surface area contributed by atoms with Crippen molar-refractivity contribution >= 4 is 17.7 Å². The zero-order valence-electron chi connectivity index (χ0n) is 15.3. The van der Waals surface area contributed by atoms with Gasteiger partial charge in [-0.05, 0) is 37.3 Å². The van der Waals surface area contributed by atoms with E-state index in [0.29, 0.717) is 24.9 Å². The van der Waals surface area contributed by atoms with E-state index in [9.17, 15) is 14.4 Å². The summed E-state index contributed by atoms with van der Waals surface area (Å²) in [6, 6.07) is 6.11. The van der Waals surface area contributed by atoms with Gasteiger partial charge in [0.15, 0.2) is 0 Å². The predicted molar refractivity (Wildman–Crippen MR) is 96.1 cm³/mol. The molecule has 2 rings (SSSR count). The molecule has 0 aromatic heterocycles. The molecule has 1 saturated heterocycles. The predicted octanol–water partition coefficient (Wildman–Crippen LogP) is 1.49. The van der Waals surface area contributed by atoms with Crippen LogP contribution in [-0.4, -0.2) is 48.3 Å². The van der Waals surface area contributed by atoms with Gasteiger partial charge in [-0.2, -0.15) is 0 Å². The summed E-state index contributed by atoms with van der Waals surface area (Å²) in [5.41, 5.74) is 1.41. The smallest absolute Gasteiger partial charge is 0.252 e. The van der Waals surface area contributed by atoms with E-state index >= 15 is 0 Å². The van der Waals surface area contributed by atoms with Crippen LogP contribution in [0.25, 0.3) is 0 Å². The highest BCUT2D eigenvalue weighted by molar-refractivity contribution is 5.99. The van der Waals surface area contributed by atoms with Crippen molar-refractivity contribution in [3.05, 3.63) is 35.4 Å². The molecule has 2 atom stereocenters. The molecule has 3 amide bonds. The Morgan fingerprint density at radius 2 is 1.96 bits per heavy atom. The molecule has 2 N–H and O–H groups in total. The molecule has 0 bridgehead atoms. The first-order chi connectivity index (χ1) is 11.8. The Morgan fingerprint density at radius 1 is 1.28 bits per heavy atom. The first-order valence-electron chi connectivity index (χ1n) is 8.71. The van der Waals surface area contributed by atoms with Gasteiger partial charge in [0, 0.05) is 19.2 Å². The Bertz CT molecular complexity index is 657. The van der Waals surface area contributed by atoms with E-state index in [2.05, 4.69) is 10.6 Å². The number of aryl methyl sites for hydroxylation is 1. The zero-order chi connectivity index (χ0) is 18.6. The van der Waals surface area contributed by atoms with Gasteiger partial charge in [-0.3, -0.25) is 14.4 Å². The number of carbonyl (C=O) groups excluding carboxylic acids is 3.